The maximum Gasteiger partial charge on any atom is 0.409 e. The molecule has 7 rings (SSSR count). The number of Topliss-reactive ketones (excluding diaryl/α,β-unsaturated/α-hetero) is 3. The Labute approximate surface area is 373 Å². The molecule has 0 unspecified atom stereocenters. The normalized spacial score (nSPS) is 31.0. The van der Waals surface area contributed by atoms with E-state index in [-0.39, 0.29) is 84.8 Å². The summed E-state index contributed by atoms with van der Waals surface area (Å²) in [5.41, 5.74) is -1.59. The lowest BCUT2D eigenvalue weighted by atomic mass is 9.77. The van der Waals surface area contributed by atoms with Crippen molar-refractivity contribution in [3.8, 4) is 11.5 Å². The predicted molar refractivity (Wildman–Crippen MR) is 230 cm³/mol. The van der Waals surface area contributed by atoms with Gasteiger partial charge in [0.1, 0.15) is 29.0 Å². The minimum atomic E-state index is -2.09. The molecule has 5 aliphatic heterocycles. The second kappa shape index (κ2) is 18.5. The fourth-order valence-corrected chi connectivity index (χ4v) is 9.39. The van der Waals surface area contributed by atoms with E-state index in [9.17, 15) is 33.9 Å². The molecule has 348 valence electrons. The predicted octanol–water partition coefficient (Wildman–Crippen LogP) is 5.53. The number of methoxy groups -OCH3 is 1. The van der Waals surface area contributed by atoms with Crippen molar-refractivity contribution in [1.29, 1.82) is 0 Å². The summed E-state index contributed by atoms with van der Waals surface area (Å²) in [7, 11) is 1.49. The number of carbonyl (C=O) groups excluding carboxylic acids is 6. The molecule has 2 amide bonds. The first-order valence-corrected chi connectivity index (χ1v) is 21.8. The Morgan fingerprint density at radius 3 is 2.17 bits per heavy atom. The number of benzene rings is 1. The number of hydrogen-bond donors (Lipinski definition) is 2. The van der Waals surface area contributed by atoms with Gasteiger partial charge in [-0.2, -0.15) is 0 Å². The summed E-state index contributed by atoms with van der Waals surface area (Å²) < 4.78 is 42.3. The van der Waals surface area contributed by atoms with Gasteiger partial charge in [-0.15, -0.1) is 0 Å². The number of fused-ring (bicyclic) bond motifs is 10. The zero-order valence-corrected chi connectivity index (χ0v) is 38.7. The largest absolute Gasteiger partial charge is 0.507 e. The third kappa shape index (κ3) is 8.94. The summed E-state index contributed by atoms with van der Waals surface area (Å²) in [6.45, 7) is 19.3. The zero-order chi connectivity index (χ0) is 47.2. The van der Waals surface area contributed by atoms with Crippen LogP contribution in [0.3, 0.4) is 0 Å². The zero-order valence-electron chi connectivity index (χ0n) is 38.7. The van der Waals surface area contributed by atoms with E-state index < -0.39 is 93.7 Å². The molecule has 5 heterocycles. The molecule has 1 aromatic rings. The first-order chi connectivity index (χ1) is 30.1. The van der Waals surface area contributed by atoms with Crippen LogP contribution in [0.15, 0.2) is 47.5 Å². The third-order valence-corrected chi connectivity index (χ3v) is 12.8. The van der Waals surface area contributed by atoms with Gasteiger partial charge in [0, 0.05) is 81.9 Å². The Balaban J connectivity index is 1.49. The number of ketones is 3. The van der Waals surface area contributed by atoms with E-state index in [1.807, 2.05) is 47.6 Å². The van der Waals surface area contributed by atoms with Gasteiger partial charge in [0.25, 0.3) is 11.7 Å². The molecular weight excluding hydrogens is 831 g/mol. The third-order valence-electron chi connectivity index (χ3n) is 12.8. The summed E-state index contributed by atoms with van der Waals surface area (Å²) in [6.07, 6.45) is 5.12. The van der Waals surface area contributed by atoms with Gasteiger partial charge in [0.15, 0.2) is 5.79 Å². The van der Waals surface area contributed by atoms with Crippen molar-refractivity contribution in [3.05, 3.63) is 69.8 Å². The number of carbonyl (C=O) groups is 6. The minimum Gasteiger partial charge on any atom is -0.507 e. The number of amides is 2. The van der Waals surface area contributed by atoms with Gasteiger partial charge in [-0.25, -0.2) is 4.79 Å². The molecule has 17 nitrogen and oxygen atoms in total. The van der Waals surface area contributed by atoms with Crippen molar-refractivity contribution in [3.63, 3.8) is 0 Å². The number of aromatic hydroxyl groups is 1. The topological polar surface area (TPSA) is 206 Å². The van der Waals surface area contributed by atoms with Gasteiger partial charge >= 0.3 is 17.8 Å². The molecule has 2 N–H and O–H groups in total. The number of phenols is 1. The second-order valence-corrected chi connectivity index (χ2v) is 17.8. The number of rotatable bonds is 4. The van der Waals surface area contributed by atoms with Crippen LogP contribution in [0.5, 0.6) is 11.5 Å². The maximum atomic E-state index is 15.0. The number of hydrogen-bond acceptors (Lipinski definition) is 15. The van der Waals surface area contributed by atoms with Crippen LogP contribution in [-0.4, -0.2) is 126 Å². The van der Waals surface area contributed by atoms with Crippen LogP contribution in [0.4, 0.5) is 4.79 Å². The van der Waals surface area contributed by atoms with Gasteiger partial charge in [-0.1, -0.05) is 45.9 Å². The Morgan fingerprint density at radius 1 is 0.891 bits per heavy atom. The fraction of sp³-hybridized carbons (Fsp3) is 0.574. The van der Waals surface area contributed by atoms with E-state index in [0.717, 1.165) is 0 Å². The SMILES string of the molecule is CCOC(=O)N1CCN(C2=C3NC(=O)C(C)=CC=C[C@H](C)[C@@H]4OC(C)(C)O[C@H]([C@H](C)[C@H](OC(C)=O)[C@H](C)[C@@H](OC)C=CO[C@@]5(C)Oc6c(C)c(O)c(c(c6C5=O)C2=O)C3=O)[C@@H]4C)CC1. The number of phenolic OH excluding ortho intramolecular Hbond substituents is 1. The Morgan fingerprint density at radius 2 is 1.55 bits per heavy atom. The lowest BCUT2D eigenvalue weighted by Gasteiger charge is -2.50. The molecule has 64 heavy (non-hydrogen) atoms. The quantitative estimate of drug-likeness (QED) is 0.357. The van der Waals surface area contributed by atoms with Crippen LogP contribution in [0, 0.1) is 30.6 Å². The lowest BCUT2D eigenvalue weighted by Crippen LogP contribution is -2.56. The van der Waals surface area contributed by atoms with Gasteiger partial charge in [0.2, 0.25) is 11.6 Å². The summed E-state index contributed by atoms with van der Waals surface area (Å²) in [5.74, 6) is -8.93. The highest BCUT2D eigenvalue weighted by Gasteiger charge is 2.54. The van der Waals surface area contributed by atoms with Crippen LogP contribution >= 0.6 is 0 Å². The molecule has 2 saturated heterocycles. The standard InChI is InChI=1S/C47H61N3O14/c1-13-59-45(57)50-20-18-49(19-21-50)35-34-37(53)32-31(38(35)54)33-42(26(5)36(32)52)64-47(11,43(33)55)60-22-17-30(58-12)25(4)40(61-29(8)51)28(7)41-27(6)39(62-46(9,10)63-41)23(2)15-14-16-24(3)44(56)48-34/h14-17,22-23,25,27-28,30,39-41,52H,13,18-21H2,1-12H3,(H,48,56)/t23-,25+,27+,28+,30-,39-,40+,41-,47-/m0/s1. The smallest absolute Gasteiger partial charge is 0.409 e. The molecule has 0 saturated carbocycles. The van der Waals surface area contributed by atoms with Gasteiger partial charge in [0.05, 0.1) is 47.9 Å². The average Bonchev–Trinajstić information content (AvgIpc) is 3.50. The average molecular weight is 892 g/mol. The van der Waals surface area contributed by atoms with Crippen LogP contribution in [-0.2, 0) is 38.0 Å². The number of ether oxygens (including phenoxy) is 7. The molecule has 0 aromatic heterocycles. The maximum absolute atomic E-state index is 15.0. The molecule has 0 spiro atoms. The van der Waals surface area contributed by atoms with Crippen molar-refractivity contribution in [1.82, 2.24) is 15.1 Å². The van der Waals surface area contributed by atoms with Crippen molar-refractivity contribution >= 4 is 35.3 Å². The van der Waals surface area contributed by atoms with Gasteiger partial charge < -0.3 is 53.4 Å². The molecule has 17 heteroatoms. The van der Waals surface area contributed by atoms with E-state index in [2.05, 4.69) is 5.32 Å². The first-order valence-electron chi connectivity index (χ1n) is 21.8. The number of nitrogens with zero attached hydrogens (tertiary/aromatic N) is 2. The monoisotopic (exact) mass is 891 g/mol. The summed E-state index contributed by atoms with van der Waals surface area (Å²) in [6, 6.07) is 0. The van der Waals surface area contributed by atoms with Crippen LogP contribution in [0.25, 0.3) is 0 Å². The number of esters is 1. The van der Waals surface area contributed by atoms with Crippen LogP contribution in [0.1, 0.15) is 106 Å². The van der Waals surface area contributed by atoms with Crippen LogP contribution < -0.4 is 10.1 Å². The Kier molecular flexibility index (Phi) is 13.9. The van der Waals surface area contributed by atoms with E-state index in [1.54, 1.807) is 37.0 Å². The van der Waals surface area contributed by atoms with Crippen molar-refractivity contribution in [2.75, 3.05) is 39.9 Å². The Hall–Kier alpha value is -5.52. The summed E-state index contributed by atoms with van der Waals surface area (Å²) in [5, 5.41) is 14.3. The lowest BCUT2D eigenvalue weighted by molar-refractivity contribution is -0.336. The highest BCUT2D eigenvalue weighted by Crippen LogP contribution is 2.49. The van der Waals surface area contributed by atoms with Gasteiger partial charge in [-0.05, 0) is 40.7 Å². The Bertz CT molecular complexity index is 2220. The molecule has 0 radical (unpaired) electrons. The second-order valence-electron chi connectivity index (χ2n) is 17.8. The van der Waals surface area contributed by atoms with Crippen LogP contribution in [0.2, 0.25) is 0 Å². The van der Waals surface area contributed by atoms with Crippen molar-refractivity contribution in [2.45, 2.75) is 112 Å². The number of piperazine rings is 1. The fourth-order valence-electron chi connectivity index (χ4n) is 9.39. The van der Waals surface area contributed by atoms with Crippen molar-refractivity contribution < 1.29 is 67.0 Å². The number of allylic oxidation sites excluding steroid dienone is 4. The minimum absolute atomic E-state index is 0.00647. The van der Waals surface area contributed by atoms with Crippen molar-refractivity contribution in [2.24, 2.45) is 23.7 Å². The molecule has 9 atom stereocenters. The highest BCUT2D eigenvalue weighted by molar-refractivity contribution is 6.32. The van der Waals surface area contributed by atoms with E-state index in [1.165, 1.54) is 39.0 Å². The highest BCUT2D eigenvalue weighted by atomic mass is 16.7. The molecule has 7 bridgehead atoms. The van der Waals surface area contributed by atoms with E-state index >= 15 is 0 Å². The number of nitrogens with one attached hydrogen (secondary N) is 1. The van der Waals surface area contributed by atoms with E-state index in [4.69, 9.17) is 33.2 Å². The molecular formula is C47H61N3O14. The van der Waals surface area contributed by atoms with E-state index in [0.29, 0.717) is 0 Å². The summed E-state index contributed by atoms with van der Waals surface area (Å²) >= 11 is 0. The van der Waals surface area contributed by atoms with Gasteiger partial charge in [-0.3, -0.25) is 24.0 Å². The summed E-state index contributed by atoms with van der Waals surface area (Å²) in [4.78, 5) is 86.6. The first kappa shape index (κ1) is 47.9. The molecule has 1 aromatic carbocycles. The molecule has 1 aliphatic carbocycles. The molecule has 6 aliphatic rings. The molecule has 2 fully saturated rings.